The van der Waals surface area contributed by atoms with Crippen molar-refractivity contribution in [3.05, 3.63) is 59.7 Å². The topological polar surface area (TPSA) is 114 Å². The van der Waals surface area contributed by atoms with Crippen molar-refractivity contribution in [2.75, 3.05) is 0 Å². The Balaban J connectivity index is 0.00000196. The standard InChI is InChI=1S/2C46H86O3S.Ca/c2*1-2-3-4-5-6-7-8-9-10-11-12-13-14-15-16-17-18-19-20-21-22-23-24-25-26-27-28-29-30-31-32-33-34-35-36-37-38-39-41-45-42-40-43-46(44-45)50(47,48)49;/h2*40,42-44H,2-39,41H2,1H3,(H,47,48,49);/q;;+2/p-2. The first-order chi connectivity index (χ1) is 49.1. The fourth-order valence-electron chi connectivity index (χ4n) is 15.2. The van der Waals surface area contributed by atoms with Crippen LogP contribution in [-0.2, 0) is 33.1 Å². The molecule has 0 N–H and O–H groups in total. The van der Waals surface area contributed by atoms with Gasteiger partial charge in [-0.25, -0.2) is 16.8 Å². The molecule has 2 rings (SSSR count). The van der Waals surface area contributed by atoms with Crippen LogP contribution in [0.25, 0.3) is 0 Å². The molecule has 0 unspecified atom stereocenters. The smallest absolute Gasteiger partial charge is 0.744 e. The second-order valence-corrected chi connectivity index (χ2v) is 34.6. The van der Waals surface area contributed by atoms with E-state index in [0.717, 1.165) is 36.8 Å². The average Bonchev–Trinajstić information content (AvgIpc) is 0.897. The predicted octanol–water partition coefficient (Wildman–Crippen LogP) is 31.6. The maximum absolute atomic E-state index is 11.2. The van der Waals surface area contributed by atoms with Crippen LogP contribution in [-0.4, -0.2) is 63.7 Å². The van der Waals surface area contributed by atoms with Crippen LogP contribution in [0.4, 0.5) is 0 Å². The normalized spacial score (nSPS) is 11.8. The van der Waals surface area contributed by atoms with Crippen LogP contribution in [0.1, 0.15) is 513 Å². The van der Waals surface area contributed by atoms with Crippen molar-refractivity contribution in [1.29, 1.82) is 0 Å². The largest absolute Gasteiger partial charge is 2.00 e. The third-order valence-corrected chi connectivity index (χ3v) is 23.7. The predicted molar refractivity (Wildman–Crippen MR) is 444 cm³/mol. The van der Waals surface area contributed by atoms with Gasteiger partial charge in [0, 0.05) is 0 Å². The molecule has 0 saturated carbocycles. The van der Waals surface area contributed by atoms with Crippen molar-refractivity contribution < 1.29 is 25.9 Å². The molecular formula is C92H170CaO6S2. The molecule has 101 heavy (non-hydrogen) atoms. The summed E-state index contributed by atoms with van der Waals surface area (Å²) in [7, 11) is -8.70. The molecule has 0 spiro atoms. The Morgan fingerprint density at radius 2 is 0.317 bits per heavy atom. The van der Waals surface area contributed by atoms with Crippen LogP contribution < -0.4 is 0 Å². The SMILES string of the molecule is CCCCCCCCCCCCCCCCCCCCCCCCCCCCCCCCCCCCCCCCc1cccc(S(=O)(=O)[O-])c1.CCCCCCCCCCCCCCCCCCCCCCCCCCCCCCCCCCCCCCCCc1cccc(S(=O)(=O)[O-])c1.[Ca+2]. The summed E-state index contributed by atoms with van der Waals surface area (Å²) in [6.45, 7) is 4.61. The molecule has 2 aromatic carbocycles. The van der Waals surface area contributed by atoms with E-state index >= 15 is 0 Å². The number of hydrogen-bond donors (Lipinski definition) is 0. The van der Waals surface area contributed by atoms with Crippen molar-refractivity contribution in [3.8, 4) is 0 Å². The number of benzene rings is 2. The monoisotopic (exact) mass is 1480 g/mol. The molecule has 0 atom stereocenters. The third kappa shape index (κ3) is 76.1. The Kier molecular flexibility index (Phi) is 80.1. The number of hydrogen-bond acceptors (Lipinski definition) is 6. The molecular weight excluding hydrogens is 1310 g/mol. The van der Waals surface area contributed by atoms with Crippen molar-refractivity contribution in [2.45, 2.75) is 524 Å². The molecule has 2 aromatic rings. The molecule has 0 saturated heterocycles. The molecule has 0 heterocycles. The minimum atomic E-state index is -4.35. The van der Waals surface area contributed by atoms with E-state index in [-0.39, 0.29) is 47.5 Å². The summed E-state index contributed by atoms with van der Waals surface area (Å²) < 4.78 is 67.0. The van der Waals surface area contributed by atoms with Crippen LogP contribution in [0.5, 0.6) is 0 Å². The van der Waals surface area contributed by atoms with E-state index in [9.17, 15) is 25.9 Å². The molecule has 0 fully saturated rings. The summed E-state index contributed by atoms with van der Waals surface area (Å²) in [4.78, 5) is -0.210. The zero-order chi connectivity index (χ0) is 72.1. The molecule has 0 aromatic heterocycles. The van der Waals surface area contributed by atoms with Gasteiger partial charge in [-0.2, -0.15) is 0 Å². The summed E-state index contributed by atoms with van der Waals surface area (Å²) in [5.74, 6) is 0. The first-order valence-electron chi connectivity index (χ1n) is 45.2. The van der Waals surface area contributed by atoms with Crippen molar-refractivity contribution in [1.82, 2.24) is 0 Å². The van der Waals surface area contributed by atoms with E-state index in [1.54, 1.807) is 12.1 Å². The zero-order valence-electron chi connectivity index (χ0n) is 67.7. The Hall–Kier alpha value is -0.480. The molecule has 0 amide bonds. The number of aryl methyl sites for hydroxylation is 2. The summed E-state index contributed by atoms with van der Waals surface area (Å²) in [6.07, 6.45) is 110. The Labute approximate surface area is 662 Å². The average molecular weight is 1480 g/mol. The molecule has 0 radical (unpaired) electrons. The van der Waals surface area contributed by atoms with Gasteiger partial charge < -0.3 is 9.11 Å². The van der Waals surface area contributed by atoms with E-state index in [1.807, 2.05) is 12.1 Å². The zero-order valence-corrected chi connectivity index (χ0v) is 71.6. The Morgan fingerprint density at radius 3 is 0.436 bits per heavy atom. The molecule has 6 nitrogen and oxygen atoms in total. The van der Waals surface area contributed by atoms with E-state index in [1.165, 1.54) is 499 Å². The third-order valence-electron chi connectivity index (χ3n) is 22.0. The minimum absolute atomic E-state index is 0. The van der Waals surface area contributed by atoms with Crippen LogP contribution in [0.2, 0.25) is 0 Å². The molecule has 0 aliphatic heterocycles. The fourth-order valence-corrected chi connectivity index (χ4v) is 16.3. The second kappa shape index (κ2) is 80.5. The van der Waals surface area contributed by atoms with Gasteiger partial charge in [0.15, 0.2) is 0 Å². The number of rotatable bonds is 80. The van der Waals surface area contributed by atoms with Crippen LogP contribution in [0.15, 0.2) is 58.3 Å². The van der Waals surface area contributed by atoms with E-state index < -0.39 is 20.2 Å². The van der Waals surface area contributed by atoms with Gasteiger partial charge in [-0.15, -0.1) is 0 Å². The summed E-state index contributed by atoms with van der Waals surface area (Å²) in [5, 5.41) is 0. The maximum Gasteiger partial charge on any atom is 2.00 e. The van der Waals surface area contributed by atoms with Gasteiger partial charge in [-0.1, -0.05) is 513 Å². The quantitative estimate of drug-likeness (QED) is 0.0370. The molecule has 0 aliphatic rings. The van der Waals surface area contributed by atoms with Gasteiger partial charge in [0.05, 0.1) is 9.79 Å². The molecule has 588 valence electrons. The fraction of sp³-hybridized carbons (Fsp3) is 0.870. The van der Waals surface area contributed by atoms with Crippen LogP contribution in [0.3, 0.4) is 0 Å². The van der Waals surface area contributed by atoms with E-state index in [0.29, 0.717) is 0 Å². The van der Waals surface area contributed by atoms with Gasteiger partial charge in [0.1, 0.15) is 20.2 Å². The van der Waals surface area contributed by atoms with Crippen LogP contribution in [0, 0.1) is 0 Å². The molecule has 0 aliphatic carbocycles. The summed E-state index contributed by atoms with van der Waals surface area (Å²) >= 11 is 0. The van der Waals surface area contributed by atoms with Crippen molar-refractivity contribution in [3.63, 3.8) is 0 Å². The first kappa shape index (κ1) is 101. The van der Waals surface area contributed by atoms with Gasteiger partial charge >= 0.3 is 37.7 Å². The van der Waals surface area contributed by atoms with Gasteiger partial charge in [0.2, 0.25) is 0 Å². The van der Waals surface area contributed by atoms with Crippen molar-refractivity contribution >= 4 is 58.0 Å². The second-order valence-electron chi connectivity index (χ2n) is 31.9. The first-order valence-corrected chi connectivity index (χ1v) is 48.0. The molecule has 0 bridgehead atoms. The minimum Gasteiger partial charge on any atom is -0.744 e. The van der Waals surface area contributed by atoms with Gasteiger partial charge in [-0.05, 0) is 61.1 Å². The molecule has 9 heteroatoms. The van der Waals surface area contributed by atoms with E-state index in [4.69, 9.17) is 0 Å². The maximum atomic E-state index is 11.2. The van der Waals surface area contributed by atoms with Crippen LogP contribution >= 0.6 is 0 Å². The van der Waals surface area contributed by atoms with Crippen molar-refractivity contribution in [2.24, 2.45) is 0 Å². The van der Waals surface area contributed by atoms with Gasteiger partial charge in [0.25, 0.3) is 0 Å². The summed E-state index contributed by atoms with van der Waals surface area (Å²) in [6, 6.07) is 13.0. The Morgan fingerprint density at radius 1 is 0.198 bits per heavy atom. The Bertz CT molecular complexity index is 2010. The summed E-state index contributed by atoms with van der Waals surface area (Å²) in [5.41, 5.74) is 1.90. The van der Waals surface area contributed by atoms with Gasteiger partial charge in [-0.3, -0.25) is 0 Å². The van der Waals surface area contributed by atoms with E-state index in [2.05, 4.69) is 13.8 Å². The number of unbranched alkanes of at least 4 members (excludes halogenated alkanes) is 74.